The number of hydrogen-bond donors (Lipinski definition) is 1. The largest absolute Gasteiger partial charge is 0.497 e. The highest BCUT2D eigenvalue weighted by molar-refractivity contribution is 5.96. The molecule has 4 rings (SSSR count). The number of furan rings is 1. The smallest absolute Gasteiger partial charge is 0.287 e. The van der Waals surface area contributed by atoms with Crippen molar-refractivity contribution < 1.29 is 13.9 Å². The maximum atomic E-state index is 12.7. The number of methoxy groups -OCH3 is 1. The lowest BCUT2D eigenvalue weighted by molar-refractivity contribution is 0.0899. The molecule has 0 bridgehead atoms. The Bertz CT molecular complexity index is 893. The molecule has 1 fully saturated rings. The summed E-state index contributed by atoms with van der Waals surface area (Å²) in [6.45, 7) is 2.65. The molecule has 3 aromatic rings. The molecule has 1 saturated heterocycles. The zero-order valence-electron chi connectivity index (χ0n) is 16.2. The zero-order valence-corrected chi connectivity index (χ0v) is 16.2. The first-order chi connectivity index (χ1) is 13.7. The number of hydrogen-bond acceptors (Lipinski definition) is 4. The number of carbonyl (C=O) groups is 1. The van der Waals surface area contributed by atoms with Gasteiger partial charge < -0.3 is 14.5 Å². The van der Waals surface area contributed by atoms with Gasteiger partial charge in [-0.15, -0.1) is 0 Å². The van der Waals surface area contributed by atoms with Crippen LogP contribution in [0.15, 0.2) is 59.0 Å². The second kappa shape index (κ2) is 8.48. The standard InChI is InChI=1S/C23H26N2O3/c1-27-19-11-9-17(10-12-19)20(25-13-5-2-6-14-25)16-24-23(26)22-15-18-7-3-4-8-21(18)28-22/h3-4,7-12,15,20H,2,5-6,13-14,16H2,1H3,(H,24,26)/t20-/m0/s1. The molecule has 2 aromatic carbocycles. The minimum absolute atomic E-state index is 0.138. The Morgan fingerprint density at radius 2 is 1.86 bits per heavy atom. The van der Waals surface area contributed by atoms with Gasteiger partial charge in [0.05, 0.1) is 13.2 Å². The molecule has 1 aliphatic heterocycles. The third-order valence-electron chi connectivity index (χ3n) is 5.44. The van der Waals surface area contributed by atoms with Gasteiger partial charge in [-0.1, -0.05) is 36.8 Å². The Hall–Kier alpha value is -2.79. The highest BCUT2D eigenvalue weighted by atomic mass is 16.5. The minimum Gasteiger partial charge on any atom is -0.497 e. The highest BCUT2D eigenvalue weighted by Gasteiger charge is 2.23. The first kappa shape index (κ1) is 18.6. The molecule has 1 aromatic heterocycles. The lowest BCUT2D eigenvalue weighted by atomic mass is 10.0. The van der Waals surface area contributed by atoms with E-state index < -0.39 is 0 Å². The van der Waals surface area contributed by atoms with Crippen molar-refractivity contribution in [3.05, 3.63) is 65.9 Å². The molecule has 1 amide bonds. The lowest BCUT2D eigenvalue weighted by Gasteiger charge is -2.35. The van der Waals surface area contributed by atoms with E-state index in [0.29, 0.717) is 12.3 Å². The van der Waals surface area contributed by atoms with E-state index in [1.807, 2.05) is 36.4 Å². The number of fused-ring (bicyclic) bond motifs is 1. The molecule has 1 N–H and O–H groups in total. The monoisotopic (exact) mass is 378 g/mol. The van der Waals surface area contributed by atoms with Gasteiger partial charge in [0.2, 0.25) is 0 Å². The molecule has 5 heteroatoms. The minimum atomic E-state index is -0.174. The average molecular weight is 378 g/mol. The number of nitrogens with one attached hydrogen (secondary N) is 1. The fourth-order valence-electron chi connectivity index (χ4n) is 3.88. The number of carbonyl (C=O) groups excluding carboxylic acids is 1. The second-order valence-electron chi connectivity index (χ2n) is 7.24. The van der Waals surface area contributed by atoms with Crippen molar-refractivity contribution in [3.8, 4) is 5.75 Å². The van der Waals surface area contributed by atoms with Gasteiger partial charge in [0.15, 0.2) is 5.76 Å². The predicted molar refractivity (Wildman–Crippen MR) is 110 cm³/mol. The van der Waals surface area contributed by atoms with E-state index in [4.69, 9.17) is 9.15 Å². The maximum absolute atomic E-state index is 12.7. The van der Waals surface area contributed by atoms with Crippen LogP contribution in [0.3, 0.4) is 0 Å². The first-order valence-electron chi connectivity index (χ1n) is 9.89. The number of rotatable bonds is 6. The van der Waals surface area contributed by atoms with Gasteiger partial charge in [-0.2, -0.15) is 0 Å². The average Bonchev–Trinajstić information content (AvgIpc) is 3.19. The topological polar surface area (TPSA) is 54.7 Å². The Morgan fingerprint density at radius 1 is 1.11 bits per heavy atom. The molecule has 0 spiro atoms. The summed E-state index contributed by atoms with van der Waals surface area (Å²) in [5.74, 6) is 1.02. The third kappa shape index (κ3) is 4.04. The molecule has 2 heterocycles. The molecule has 146 valence electrons. The fraction of sp³-hybridized carbons (Fsp3) is 0.348. The van der Waals surface area contributed by atoms with Crippen LogP contribution in [0.1, 0.15) is 41.4 Å². The van der Waals surface area contributed by atoms with E-state index in [1.54, 1.807) is 13.2 Å². The van der Waals surface area contributed by atoms with Crippen LogP contribution in [0.2, 0.25) is 0 Å². The molecule has 1 aliphatic rings. The van der Waals surface area contributed by atoms with Gasteiger partial charge in [-0.25, -0.2) is 0 Å². The summed E-state index contributed by atoms with van der Waals surface area (Å²) in [7, 11) is 1.67. The van der Waals surface area contributed by atoms with Crippen LogP contribution in [-0.4, -0.2) is 37.6 Å². The number of amides is 1. The van der Waals surface area contributed by atoms with E-state index in [-0.39, 0.29) is 11.9 Å². The summed E-state index contributed by atoms with van der Waals surface area (Å²) in [4.78, 5) is 15.2. The maximum Gasteiger partial charge on any atom is 0.287 e. The number of piperidine rings is 1. The van der Waals surface area contributed by atoms with Crippen molar-refractivity contribution in [2.24, 2.45) is 0 Å². The number of ether oxygens (including phenoxy) is 1. The van der Waals surface area contributed by atoms with Crippen molar-refractivity contribution >= 4 is 16.9 Å². The molecule has 1 atom stereocenters. The quantitative estimate of drug-likeness (QED) is 0.691. The van der Waals surface area contributed by atoms with Crippen LogP contribution in [0.5, 0.6) is 5.75 Å². The Balaban J connectivity index is 1.50. The number of likely N-dealkylation sites (tertiary alicyclic amines) is 1. The van der Waals surface area contributed by atoms with E-state index in [2.05, 4.69) is 22.3 Å². The number of nitrogens with zero attached hydrogens (tertiary/aromatic N) is 1. The van der Waals surface area contributed by atoms with Gasteiger partial charge in [-0.3, -0.25) is 9.69 Å². The molecule has 5 nitrogen and oxygen atoms in total. The third-order valence-corrected chi connectivity index (χ3v) is 5.44. The molecule has 0 saturated carbocycles. The summed E-state index contributed by atoms with van der Waals surface area (Å²) in [5.41, 5.74) is 1.92. The van der Waals surface area contributed by atoms with Crippen molar-refractivity contribution in [2.75, 3.05) is 26.7 Å². The summed E-state index contributed by atoms with van der Waals surface area (Å²) in [6, 6.07) is 17.7. The zero-order chi connectivity index (χ0) is 19.3. The summed E-state index contributed by atoms with van der Waals surface area (Å²) >= 11 is 0. The second-order valence-corrected chi connectivity index (χ2v) is 7.24. The molecule has 28 heavy (non-hydrogen) atoms. The van der Waals surface area contributed by atoms with Gasteiger partial charge >= 0.3 is 0 Å². The first-order valence-corrected chi connectivity index (χ1v) is 9.89. The van der Waals surface area contributed by atoms with Crippen LogP contribution in [-0.2, 0) is 0 Å². The van der Waals surface area contributed by atoms with Crippen molar-refractivity contribution in [2.45, 2.75) is 25.3 Å². The summed E-state index contributed by atoms with van der Waals surface area (Å²) in [5, 5.41) is 4.02. The van der Waals surface area contributed by atoms with Gasteiger partial charge in [0, 0.05) is 11.9 Å². The number of benzene rings is 2. The van der Waals surface area contributed by atoms with Crippen LogP contribution >= 0.6 is 0 Å². The molecule has 0 radical (unpaired) electrons. The van der Waals surface area contributed by atoms with E-state index in [1.165, 1.54) is 24.8 Å². The van der Waals surface area contributed by atoms with Crippen LogP contribution in [0.4, 0.5) is 0 Å². The SMILES string of the molecule is COc1ccc([C@H](CNC(=O)c2cc3ccccc3o2)N2CCCCC2)cc1. The lowest BCUT2D eigenvalue weighted by Crippen LogP contribution is -2.40. The summed E-state index contributed by atoms with van der Waals surface area (Å²) < 4.78 is 11.0. The van der Waals surface area contributed by atoms with Crippen molar-refractivity contribution in [1.82, 2.24) is 10.2 Å². The molecule has 0 aliphatic carbocycles. The highest BCUT2D eigenvalue weighted by Crippen LogP contribution is 2.26. The van der Waals surface area contributed by atoms with Crippen LogP contribution < -0.4 is 10.1 Å². The van der Waals surface area contributed by atoms with Gasteiger partial charge in [0.1, 0.15) is 11.3 Å². The normalized spacial score (nSPS) is 16.0. The molecular weight excluding hydrogens is 352 g/mol. The van der Waals surface area contributed by atoms with E-state index >= 15 is 0 Å². The van der Waals surface area contributed by atoms with Crippen LogP contribution in [0.25, 0.3) is 11.0 Å². The van der Waals surface area contributed by atoms with Gasteiger partial charge in [0.25, 0.3) is 5.91 Å². The Morgan fingerprint density at radius 3 is 2.57 bits per heavy atom. The number of para-hydroxylation sites is 1. The summed E-state index contributed by atoms with van der Waals surface area (Å²) in [6.07, 6.45) is 3.67. The van der Waals surface area contributed by atoms with Crippen LogP contribution in [0, 0.1) is 0 Å². The van der Waals surface area contributed by atoms with Gasteiger partial charge in [-0.05, 0) is 55.8 Å². The Labute approximate surface area is 165 Å². The van der Waals surface area contributed by atoms with Crippen molar-refractivity contribution in [3.63, 3.8) is 0 Å². The molecule has 0 unspecified atom stereocenters. The van der Waals surface area contributed by atoms with Crippen molar-refractivity contribution in [1.29, 1.82) is 0 Å². The fourth-order valence-corrected chi connectivity index (χ4v) is 3.88. The molecular formula is C23H26N2O3. The Kier molecular flexibility index (Phi) is 5.63. The van der Waals surface area contributed by atoms with E-state index in [0.717, 1.165) is 29.8 Å². The predicted octanol–water partition coefficient (Wildman–Crippen LogP) is 4.40. The van der Waals surface area contributed by atoms with E-state index in [9.17, 15) is 4.79 Å².